The molecule has 0 aromatic rings. The number of nitrogens with zero attached hydrogens (tertiary/aromatic N) is 2. The van der Waals surface area contributed by atoms with Gasteiger partial charge in [0, 0.05) is 0 Å². The molecule has 0 spiro atoms. The molecule has 0 saturated heterocycles. The van der Waals surface area contributed by atoms with E-state index in [1.165, 1.54) is 4.44 Å². The van der Waals surface area contributed by atoms with Gasteiger partial charge in [0.2, 0.25) is 0 Å². The van der Waals surface area contributed by atoms with E-state index in [1.54, 1.807) is 0 Å². The molecule has 0 aliphatic rings. The van der Waals surface area contributed by atoms with Crippen molar-refractivity contribution < 1.29 is 0 Å². The molecule has 0 rings (SSSR count). The molecule has 0 N–H and O–H groups in total. The van der Waals surface area contributed by atoms with Gasteiger partial charge in [-0.25, -0.2) is 0 Å². The molecule has 2 nitrogen and oxygen atoms in total. The zero-order valence-corrected chi connectivity index (χ0v) is 13.5. The van der Waals surface area contributed by atoms with Crippen LogP contribution in [0.5, 0.6) is 0 Å². The summed E-state index contributed by atoms with van der Waals surface area (Å²) < 4.78 is 6.89. The maximum absolute atomic E-state index is 2.54. The minimum absolute atomic E-state index is 0.469. The van der Waals surface area contributed by atoms with Crippen molar-refractivity contribution in [2.24, 2.45) is 0 Å². The van der Waals surface area contributed by atoms with E-state index in [0.29, 0.717) is 3.43 Å². The summed E-state index contributed by atoms with van der Waals surface area (Å²) in [6, 6.07) is 0. The van der Waals surface area contributed by atoms with Crippen molar-refractivity contribution in [3.63, 3.8) is 0 Å². The standard InChI is InChI=1S/C4H9.2C2H6N.C2H5.Sn/c1-4(2)3;2*1-3-2;1-2;/h1-3H3;2*1-2H3;1H2,2H3;/q;2*-1;;+2. The molecular weight excluding hydrogens is 267 g/mol. The number of hydrogen-bond acceptors (Lipinski definition) is 2. The monoisotopic (exact) mass is 294 g/mol. The van der Waals surface area contributed by atoms with Crippen LogP contribution in [0.2, 0.25) is 7.87 Å². The zero-order valence-electron chi connectivity index (χ0n) is 10.6. The van der Waals surface area contributed by atoms with Crippen LogP contribution in [0.4, 0.5) is 0 Å². The fraction of sp³-hybridized carbons (Fsp3) is 1.00. The van der Waals surface area contributed by atoms with E-state index in [2.05, 4.69) is 62.1 Å². The van der Waals surface area contributed by atoms with Crippen molar-refractivity contribution in [2.45, 2.75) is 35.6 Å². The van der Waals surface area contributed by atoms with E-state index >= 15 is 0 Å². The molecule has 3 heteroatoms. The van der Waals surface area contributed by atoms with E-state index in [0.717, 1.165) is 0 Å². The van der Waals surface area contributed by atoms with Crippen molar-refractivity contribution in [3.8, 4) is 0 Å². The van der Waals surface area contributed by atoms with Crippen LogP contribution < -0.4 is 0 Å². The fourth-order valence-corrected chi connectivity index (χ4v) is 19.5. The summed E-state index contributed by atoms with van der Waals surface area (Å²) in [6.07, 6.45) is 0. The molecule has 80 valence electrons. The van der Waals surface area contributed by atoms with Gasteiger partial charge in [0.25, 0.3) is 0 Å². The molecule has 0 atom stereocenters. The van der Waals surface area contributed by atoms with Crippen LogP contribution in [0, 0.1) is 0 Å². The SMILES string of the molecule is C[CH2][Sn]([N](C)C)([N](C)C)[C](C)(C)C. The van der Waals surface area contributed by atoms with Crippen LogP contribution in [0.25, 0.3) is 0 Å². The summed E-state index contributed by atoms with van der Waals surface area (Å²) in [5, 5.41) is 0. The van der Waals surface area contributed by atoms with Crippen molar-refractivity contribution in [1.29, 1.82) is 0 Å². The summed E-state index contributed by atoms with van der Waals surface area (Å²) >= 11 is -2.28. The van der Waals surface area contributed by atoms with Gasteiger partial charge in [-0.3, -0.25) is 0 Å². The van der Waals surface area contributed by atoms with Crippen LogP contribution in [0.1, 0.15) is 27.7 Å². The predicted molar refractivity (Wildman–Crippen MR) is 63.3 cm³/mol. The van der Waals surface area contributed by atoms with Crippen LogP contribution in [0.15, 0.2) is 0 Å². The number of hydrogen-bond donors (Lipinski definition) is 0. The topological polar surface area (TPSA) is 6.48 Å². The third-order valence-corrected chi connectivity index (χ3v) is 21.3. The molecule has 0 aliphatic carbocycles. The first kappa shape index (κ1) is 13.7. The zero-order chi connectivity index (χ0) is 10.9. The summed E-state index contributed by atoms with van der Waals surface area (Å²) in [6.45, 7) is 9.53. The Morgan fingerprint density at radius 3 is 1.23 bits per heavy atom. The van der Waals surface area contributed by atoms with Crippen LogP contribution >= 0.6 is 0 Å². The van der Waals surface area contributed by atoms with E-state index < -0.39 is 18.9 Å². The molecular formula is C10H26N2Sn. The van der Waals surface area contributed by atoms with E-state index in [1.807, 2.05) is 0 Å². The molecule has 0 bridgehead atoms. The number of rotatable bonds is 3. The molecule has 0 aromatic carbocycles. The normalized spacial score (nSPS) is 14.3. The van der Waals surface area contributed by atoms with Crippen molar-refractivity contribution in [1.82, 2.24) is 6.24 Å². The van der Waals surface area contributed by atoms with E-state index in [-0.39, 0.29) is 0 Å². The van der Waals surface area contributed by atoms with Gasteiger partial charge in [-0.15, -0.1) is 0 Å². The average molecular weight is 293 g/mol. The first-order chi connectivity index (χ1) is 5.70. The van der Waals surface area contributed by atoms with E-state index in [9.17, 15) is 0 Å². The summed E-state index contributed by atoms with van der Waals surface area (Å²) in [7, 11) is 9.02. The Morgan fingerprint density at radius 1 is 0.923 bits per heavy atom. The molecule has 0 saturated carbocycles. The quantitative estimate of drug-likeness (QED) is 0.737. The van der Waals surface area contributed by atoms with Gasteiger partial charge in [0.15, 0.2) is 0 Å². The summed E-state index contributed by atoms with van der Waals surface area (Å²) in [5.74, 6) is 0. The van der Waals surface area contributed by atoms with E-state index in [4.69, 9.17) is 0 Å². The first-order valence-corrected chi connectivity index (χ1v) is 11.0. The van der Waals surface area contributed by atoms with Gasteiger partial charge >= 0.3 is 88.9 Å². The summed E-state index contributed by atoms with van der Waals surface area (Å²) in [4.78, 5) is 0. The van der Waals surface area contributed by atoms with Crippen LogP contribution in [0.3, 0.4) is 0 Å². The Morgan fingerprint density at radius 2 is 1.23 bits per heavy atom. The molecule has 0 fully saturated rings. The first-order valence-electron chi connectivity index (χ1n) is 5.05. The Hall–Kier alpha value is 0.719. The Bertz CT molecular complexity index is 151. The Kier molecular flexibility index (Phi) is 4.74. The molecule has 0 aliphatic heterocycles. The molecule has 0 heterocycles. The van der Waals surface area contributed by atoms with Gasteiger partial charge in [-0.2, -0.15) is 0 Å². The third kappa shape index (κ3) is 2.39. The van der Waals surface area contributed by atoms with Gasteiger partial charge in [0.05, 0.1) is 0 Å². The van der Waals surface area contributed by atoms with Crippen molar-refractivity contribution >= 4 is 18.9 Å². The van der Waals surface area contributed by atoms with Crippen LogP contribution in [-0.2, 0) is 0 Å². The van der Waals surface area contributed by atoms with Gasteiger partial charge in [-0.1, -0.05) is 0 Å². The third-order valence-electron chi connectivity index (χ3n) is 3.17. The predicted octanol–water partition coefficient (Wildman–Crippen LogP) is 2.37. The fourth-order valence-electron chi connectivity index (χ4n) is 2.90. The molecule has 13 heavy (non-hydrogen) atoms. The molecule has 0 unspecified atom stereocenters. The minimum atomic E-state index is -2.28. The van der Waals surface area contributed by atoms with Gasteiger partial charge < -0.3 is 0 Å². The Labute approximate surface area is 88.9 Å². The molecule has 0 amide bonds. The van der Waals surface area contributed by atoms with Gasteiger partial charge in [-0.05, 0) is 0 Å². The molecule has 0 radical (unpaired) electrons. The second-order valence-electron chi connectivity index (χ2n) is 5.21. The average Bonchev–Trinajstić information content (AvgIpc) is 1.83. The van der Waals surface area contributed by atoms with Crippen molar-refractivity contribution in [3.05, 3.63) is 0 Å². The van der Waals surface area contributed by atoms with Gasteiger partial charge in [0.1, 0.15) is 0 Å². The van der Waals surface area contributed by atoms with Crippen molar-refractivity contribution in [2.75, 3.05) is 28.2 Å². The maximum atomic E-state index is 2.54. The summed E-state index contributed by atoms with van der Waals surface area (Å²) in [5.41, 5.74) is 0. The molecule has 0 aromatic heterocycles. The Balaban J connectivity index is 5.12. The van der Waals surface area contributed by atoms with Crippen LogP contribution in [-0.4, -0.2) is 53.4 Å². The second-order valence-corrected chi connectivity index (χ2v) is 21.3. The second kappa shape index (κ2) is 4.49.